The fraction of sp³-hybridized carbons (Fsp3) is 0.933. The average Bonchev–Trinajstić information content (AvgIpc) is 2.23. The van der Waals surface area contributed by atoms with Gasteiger partial charge in [-0.15, -0.1) is 0 Å². The van der Waals surface area contributed by atoms with E-state index in [1.807, 2.05) is 0 Å². The van der Waals surface area contributed by atoms with Crippen LogP contribution in [0, 0.1) is 23.2 Å². The molecule has 2 heteroatoms. The Balaban J connectivity index is 1.82. The molecule has 0 saturated heterocycles. The maximum Gasteiger partial charge on any atom is 0.217 e. The molecule has 0 aromatic heterocycles. The van der Waals surface area contributed by atoms with Gasteiger partial charge < -0.3 is 5.32 Å². The molecular formula is C15H25NO. The van der Waals surface area contributed by atoms with E-state index < -0.39 is 0 Å². The summed E-state index contributed by atoms with van der Waals surface area (Å²) < 4.78 is 0. The van der Waals surface area contributed by atoms with Crippen molar-refractivity contribution in [1.82, 2.24) is 5.32 Å². The lowest BCUT2D eigenvalue weighted by molar-refractivity contribution is -0.124. The number of hydrogen-bond acceptors (Lipinski definition) is 1. The third-order valence-corrected chi connectivity index (χ3v) is 5.61. The van der Waals surface area contributed by atoms with E-state index in [0.29, 0.717) is 11.5 Å². The second kappa shape index (κ2) is 4.00. The second-order valence-electron chi connectivity index (χ2n) is 6.94. The molecule has 1 unspecified atom stereocenters. The van der Waals surface area contributed by atoms with Crippen molar-refractivity contribution in [1.29, 1.82) is 0 Å². The summed E-state index contributed by atoms with van der Waals surface area (Å²) in [6.07, 6.45) is 9.71. The Bertz CT molecular complexity index is 288. The van der Waals surface area contributed by atoms with Gasteiger partial charge >= 0.3 is 0 Å². The maximum atomic E-state index is 11.4. The summed E-state index contributed by atoms with van der Waals surface area (Å²) in [5.74, 6) is 3.09. The summed E-state index contributed by atoms with van der Waals surface area (Å²) in [5.41, 5.74) is 0.467. The zero-order valence-electron chi connectivity index (χ0n) is 11.2. The van der Waals surface area contributed by atoms with Crippen molar-refractivity contribution < 1.29 is 4.79 Å². The van der Waals surface area contributed by atoms with Crippen LogP contribution in [0.4, 0.5) is 0 Å². The van der Waals surface area contributed by atoms with Crippen LogP contribution in [0.2, 0.25) is 0 Å². The smallest absolute Gasteiger partial charge is 0.217 e. The monoisotopic (exact) mass is 235 g/mol. The molecule has 4 fully saturated rings. The molecule has 1 amide bonds. The number of carbonyl (C=O) groups excluding carboxylic acids is 1. The van der Waals surface area contributed by atoms with Crippen molar-refractivity contribution in [3.8, 4) is 0 Å². The van der Waals surface area contributed by atoms with Gasteiger partial charge in [0.25, 0.3) is 0 Å². The molecule has 0 aromatic rings. The highest BCUT2D eigenvalue weighted by Gasteiger charge is 2.53. The summed E-state index contributed by atoms with van der Waals surface area (Å²) in [7, 11) is 0. The lowest BCUT2D eigenvalue weighted by Gasteiger charge is -2.59. The topological polar surface area (TPSA) is 29.1 Å². The van der Waals surface area contributed by atoms with Gasteiger partial charge in [0.15, 0.2) is 0 Å². The standard InChI is InChI=1S/C15H25NO/c1-3-14(16-10(2)17)15-7-11-4-12(8-15)6-13(5-11)9-15/h11-14H,3-9H2,1-2H3,(H,16,17). The molecular weight excluding hydrogens is 210 g/mol. The summed E-state index contributed by atoms with van der Waals surface area (Å²) >= 11 is 0. The van der Waals surface area contributed by atoms with Gasteiger partial charge in [-0.25, -0.2) is 0 Å². The summed E-state index contributed by atoms with van der Waals surface area (Å²) in [6, 6.07) is 0.438. The van der Waals surface area contributed by atoms with E-state index in [9.17, 15) is 4.79 Å². The van der Waals surface area contributed by atoms with Gasteiger partial charge in [-0.2, -0.15) is 0 Å². The van der Waals surface area contributed by atoms with E-state index in [1.165, 1.54) is 38.5 Å². The van der Waals surface area contributed by atoms with Crippen molar-refractivity contribution in [2.24, 2.45) is 23.2 Å². The number of hydrogen-bond donors (Lipinski definition) is 1. The summed E-state index contributed by atoms with van der Waals surface area (Å²) in [6.45, 7) is 3.91. The van der Waals surface area contributed by atoms with Gasteiger partial charge in [-0.1, -0.05) is 6.92 Å². The van der Waals surface area contributed by atoms with Crippen LogP contribution >= 0.6 is 0 Å². The Hall–Kier alpha value is -0.530. The van der Waals surface area contributed by atoms with Crippen LogP contribution in [0.15, 0.2) is 0 Å². The Morgan fingerprint density at radius 3 is 2.00 bits per heavy atom. The van der Waals surface area contributed by atoms with Gasteiger partial charge in [-0.3, -0.25) is 4.79 Å². The molecule has 96 valence electrons. The summed E-state index contributed by atoms with van der Waals surface area (Å²) in [4.78, 5) is 11.4. The first-order valence-electron chi connectivity index (χ1n) is 7.38. The zero-order chi connectivity index (χ0) is 12.0. The van der Waals surface area contributed by atoms with Crippen LogP contribution < -0.4 is 5.32 Å². The van der Waals surface area contributed by atoms with Gasteiger partial charge in [-0.05, 0) is 68.1 Å². The Labute approximate surface area is 105 Å². The lowest BCUT2D eigenvalue weighted by atomic mass is 9.47. The highest BCUT2D eigenvalue weighted by molar-refractivity contribution is 5.73. The van der Waals surface area contributed by atoms with E-state index in [4.69, 9.17) is 0 Å². The van der Waals surface area contributed by atoms with Gasteiger partial charge in [0.2, 0.25) is 5.91 Å². The molecule has 0 aliphatic heterocycles. The molecule has 4 rings (SSSR count). The molecule has 0 spiro atoms. The van der Waals surface area contributed by atoms with Crippen molar-refractivity contribution in [3.05, 3.63) is 0 Å². The third-order valence-electron chi connectivity index (χ3n) is 5.61. The lowest BCUT2D eigenvalue weighted by Crippen LogP contribution is -2.56. The fourth-order valence-corrected chi connectivity index (χ4v) is 5.54. The third kappa shape index (κ3) is 1.90. The van der Waals surface area contributed by atoms with Crippen molar-refractivity contribution >= 4 is 5.91 Å². The molecule has 1 atom stereocenters. The van der Waals surface area contributed by atoms with Crippen molar-refractivity contribution in [2.75, 3.05) is 0 Å². The van der Waals surface area contributed by atoms with E-state index in [0.717, 1.165) is 24.2 Å². The Morgan fingerprint density at radius 2 is 1.65 bits per heavy atom. The van der Waals surface area contributed by atoms with Gasteiger partial charge in [0.05, 0.1) is 0 Å². The largest absolute Gasteiger partial charge is 0.353 e. The molecule has 4 saturated carbocycles. The zero-order valence-corrected chi connectivity index (χ0v) is 11.2. The first-order chi connectivity index (χ1) is 8.11. The SMILES string of the molecule is CCC(NC(C)=O)C12CC3CC(CC(C3)C1)C2. The van der Waals surface area contributed by atoms with Crippen LogP contribution in [0.25, 0.3) is 0 Å². The minimum absolute atomic E-state index is 0.160. The predicted octanol–water partition coefficient (Wildman–Crippen LogP) is 3.12. The maximum absolute atomic E-state index is 11.4. The number of amides is 1. The predicted molar refractivity (Wildman–Crippen MR) is 68.5 cm³/mol. The molecule has 0 heterocycles. The molecule has 4 aliphatic carbocycles. The van der Waals surface area contributed by atoms with Gasteiger partial charge in [0.1, 0.15) is 0 Å². The highest BCUT2D eigenvalue weighted by Crippen LogP contribution is 2.61. The number of nitrogens with one attached hydrogen (secondary N) is 1. The molecule has 2 nitrogen and oxygen atoms in total. The van der Waals surface area contributed by atoms with Crippen LogP contribution in [0.1, 0.15) is 58.8 Å². The van der Waals surface area contributed by atoms with E-state index in [-0.39, 0.29) is 5.91 Å². The number of rotatable bonds is 3. The van der Waals surface area contributed by atoms with E-state index in [1.54, 1.807) is 6.92 Å². The Kier molecular flexibility index (Phi) is 2.72. The van der Waals surface area contributed by atoms with Crippen LogP contribution in [-0.4, -0.2) is 11.9 Å². The highest BCUT2D eigenvalue weighted by atomic mass is 16.1. The number of carbonyl (C=O) groups is 1. The van der Waals surface area contributed by atoms with Crippen LogP contribution in [0.3, 0.4) is 0 Å². The molecule has 4 bridgehead atoms. The van der Waals surface area contributed by atoms with Crippen molar-refractivity contribution in [2.45, 2.75) is 64.8 Å². The van der Waals surface area contributed by atoms with Crippen molar-refractivity contribution in [3.63, 3.8) is 0 Å². The minimum Gasteiger partial charge on any atom is -0.353 e. The van der Waals surface area contributed by atoms with E-state index in [2.05, 4.69) is 12.2 Å². The fourth-order valence-electron chi connectivity index (χ4n) is 5.54. The molecule has 0 radical (unpaired) electrons. The van der Waals surface area contributed by atoms with Crippen LogP contribution in [-0.2, 0) is 4.79 Å². The Morgan fingerprint density at radius 1 is 1.18 bits per heavy atom. The minimum atomic E-state index is 0.160. The quantitative estimate of drug-likeness (QED) is 0.800. The average molecular weight is 235 g/mol. The van der Waals surface area contributed by atoms with E-state index >= 15 is 0 Å². The first kappa shape index (κ1) is 11.6. The molecule has 0 aromatic carbocycles. The first-order valence-corrected chi connectivity index (χ1v) is 7.38. The van der Waals surface area contributed by atoms with Gasteiger partial charge in [0, 0.05) is 13.0 Å². The summed E-state index contributed by atoms with van der Waals surface area (Å²) in [5, 5.41) is 3.25. The second-order valence-corrected chi connectivity index (χ2v) is 6.94. The van der Waals surface area contributed by atoms with Crippen LogP contribution in [0.5, 0.6) is 0 Å². The molecule has 17 heavy (non-hydrogen) atoms. The molecule has 1 N–H and O–H groups in total. The molecule has 4 aliphatic rings. The normalized spacial score (nSPS) is 44.7.